The van der Waals surface area contributed by atoms with Gasteiger partial charge in [0.15, 0.2) is 0 Å². The summed E-state index contributed by atoms with van der Waals surface area (Å²) in [5.41, 5.74) is 1.46. The number of hydrogen-bond acceptors (Lipinski definition) is 2. The van der Waals surface area contributed by atoms with Crippen LogP contribution in [0, 0.1) is 6.92 Å². The minimum Gasteiger partial charge on any atom is -0.478 e. The summed E-state index contributed by atoms with van der Waals surface area (Å²) in [4.78, 5) is 13.0. The molecule has 0 spiro atoms. The van der Waals surface area contributed by atoms with Crippen LogP contribution in [0.25, 0.3) is 0 Å². The number of rotatable bonds is 3. The minimum absolute atomic E-state index is 0.325. The molecule has 0 atom stereocenters. The standard InChI is InChI=1S/C14H11BrO2S/c1-9-4-2-3-5-12(9)18-13-8-10(15)6-7-11(13)14(16)17/h2-8H,1H3,(H,16,17). The maximum atomic E-state index is 11.2. The van der Waals surface area contributed by atoms with E-state index in [1.54, 1.807) is 12.1 Å². The molecule has 0 unspecified atom stereocenters. The van der Waals surface area contributed by atoms with Crippen LogP contribution in [0.1, 0.15) is 15.9 Å². The van der Waals surface area contributed by atoms with Crippen molar-refractivity contribution < 1.29 is 9.90 Å². The average Bonchev–Trinajstić information content (AvgIpc) is 2.32. The highest BCUT2D eigenvalue weighted by Gasteiger charge is 2.12. The van der Waals surface area contributed by atoms with Gasteiger partial charge in [0.05, 0.1) is 5.56 Å². The maximum absolute atomic E-state index is 11.2. The van der Waals surface area contributed by atoms with E-state index in [0.717, 1.165) is 19.8 Å². The van der Waals surface area contributed by atoms with Gasteiger partial charge in [-0.25, -0.2) is 4.79 Å². The predicted octanol–water partition coefficient (Wildman–Crippen LogP) is 4.61. The lowest BCUT2D eigenvalue weighted by Gasteiger charge is -2.08. The molecule has 2 rings (SSSR count). The Balaban J connectivity index is 2.42. The van der Waals surface area contributed by atoms with Crippen molar-refractivity contribution in [3.63, 3.8) is 0 Å². The maximum Gasteiger partial charge on any atom is 0.336 e. The van der Waals surface area contributed by atoms with Crippen molar-refractivity contribution >= 4 is 33.7 Å². The van der Waals surface area contributed by atoms with Crippen molar-refractivity contribution in [3.05, 3.63) is 58.1 Å². The number of carboxylic acid groups (broad SMARTS) is 1. The van der Waals surface area contributed by atoms with Crippen molar-refractivity contribution in [2.45, 2.75) is 16.7 Å². The molecule has 0 aliphatic rings. The molecule has 0 bridgehead atoms. The first-order valence-electron chi connectivity index (χ1n) is 5.34. The molecule has 4 heteroatoms. The van der Waals surface area contributed by atoms with E-state index in [2.05, 4.69) is 15.9 Å². The summed E-state index contributed by atoms with van der Waals surface area (Å²) in [5, 5.41) is 9.18. The normalized spacial score (nSPS) is 10.3. The SMILES string of the molecule is Cc1ccccc1Sc1cc(Br)ccc1C(=O)O. The van der Waals surface area contributed by atoms with Gasteiger partial charge in [-0.15, -0.1) is 0 Å². The lowest BCUT2D eigenvalue weighted by atomic mass is 10.2. The van der Waals surface area contributed by atoms with E-state index in [4.69, 9.17) is 0 Å². The number of carboxylic acids is 1. The molecule has 0 saturated carbocycles. The van der Waals surface area contributed by atoms with Crippen molar-refractivity contribution in [3.8, 4) is 0 Å². The molecule has 0 saturated heterocycles. The molecule has 0 fully saturated rings. The van der Waals surface area contributed by atoms with Gasteiger partial charge in [0, 0.05) is 14.3 Å². The van der Waals surface area contributed by atoms with Crippen LogP contribution in [0.5, 0.6) is 0 Å². The average molecular weight is 323 g/mol. The number of halogens is 1. The summed E-state index contributed by atoms with van der Waals surface area (Å²) in [6, 6.07) is 13.1. The number of carbonyl (C=O) groups is 1. The van der Waals surface area contributed by atoms with Crippen LogP contribution in [0.4, 0.5) is 0 Å². The van der Waals surface area contributed by atoms with Gasteiger partial charge >= 0.3 is 5.97 Å². The lowest BCUT2D eigenvalue weighted by Crippen LogP contribution is -1.98. The van der Waals surface area contributed by atoms with Gasteiger partial charge in [0.1, 0.15) is 0 Å². The molecule has 0 amide bonds. The number of hydrogen-bond donors (Lipinski definition) is 1. The van der Waals surface area contributed by atoms with Crippen molar-refractivity contribution in [2.24, 2.45) is 0 Å². The Bertz CT molecular complexity index is 596. The smallest absolute Gasteiger partial charge is 0.336 e. The summed E-state index contributed by atoms with van der Waals surface area (Å²) in [6.45, 7) is 2.01. The Morgan fingerprint density at radius 1 is 1.17 bits per heavy atom. The fourth-order valence-electron chi connectivity index (χ4n) is 1.55. The van der Waals surface area contributed by atoms with Crippen LogP contribution in [0.15, 0.2) is 56.7 Å². The molecule has 1 N–H and O–H groups in total. The second-order valence-corrected chi connectivity index (χ2v) is 5.81. The summed E-state index contributed by atoms with van der Waals surface area (Å²) in [6.07, 6.45) is 0. The number of benzene rings is 2. The predicted molar refractivity (Wildman–Crippen MR) is 76.4 cm³/mol. The zero-order valence-electron chi connectivity index (χ0n) is 9.68. The van der Waals surface area contributed by atoms with Gasteiger partial charge < -0.3 is 5.11 Å². The summed E-state index contributed by atoms with van der Waals surface area (Å²) in [5.74, 6) is -0.904. The molecular weight excluding hydrogens is 312 g/mol. The minimum atomic E-state index is -0.904. The molecule has 0 aliphatic carbocycles. The summed E-state index contributed by atoms with van der Waals surface area (Å²) < 4.78 is 0.878. The molecule has 2 aromatic rings. The van der Waals surface area contributed by atoms with E-state index in [0.29, 0.717) is 5.56 Å². The van der Waals surface area contributed by atoms with Crippen LogP contribution in [0.2, 0.25) is 0 Å². The molecule has 92 valence electrons. The van der Waals surface area contributed by atoms with Crippen LogP contribution in [-0.2, 0) is 0 Å². The van der Waals surface area contributed by atoms with Gasteiger partial charge in [0.25, 0.3) is 0 Å². The Morgan fingerprint density at radius 3 is 2.56 bits per heavy atom. The quantitative estimate of drug-likeness (QED) is 0.896. The molecule has 0 aliphatic heterocycles. The summed E-state index contributed by atoms with van der Waals surface area (Å²) >= 11 is 4.84. The van der Waals surface area contributed by atoms with Gasteiger partial charge in [-0.1, -0.05) is 45.9 Å². The van der Waals surface area contributed by atoms with Crippen LogP contribution < -0.4 is 0 Å². The van der Waals surface area contributed by atoms with Gasteiger partial charge in [0.2, 0.25) is 0 Å². The third kappa shape index (κ3) is 2.94. The van der Waals surface area contributed by atoms with E-state index < -0.39 is 5.97 Å². The highest BCUT2D eigenvalue weighted by atomic mass is 79.9. The Hall–Kier alpha value is -1.26. The molecule has 2 aromatic carbocycles. The highest BCUT2D eigenvalue weighted by Crippen LogP contribution is 2.34. The van der Waals surface area contributed by atoms with Crippen LogP contribution in [-0.4, -0.2) is 11.1 Å². The molecule has 0 radical (unpaired) electrons. The molecular formula is C14H11BrO2S. The third-order valence-electron chi connectivity index (χ3n) is 2.49. The highest BCUT2D eigenvalue weighted by molar-refractivity contribution is 9.10. The Kier molecular flexibility index (Phi) is 4.09. The Labute approximate surface area is 118 Å². The first kappa shape index (κ1) is 13.2. The Morgan fingerprint density at radius 2 is 1.89 bits per heavy atom. The third-order valence-corrected chi connectivity index (χ3v) is 4.22. The van der Waals surface area contributed by atoms with E-state index >= 15 is 0 Å². The molecule has 0 aromatic heterocycles. The first-order chi connectivity index (χ1) is 8.58. The largest absolute Gasteiger partial charge is 0.478 e. The van der Waals surface area contributed by atoms with Gasteiger partial charge in [-0.3, -0.25) is 0 Å². The second-order valence-electron chi connectivity index (χ2n) is 3.81. The number of aryl methyl sites for hydroxylation is 1. The van der Waals surface area contributed by atoms with E-state index in [-0.39, 0.29) is 0 Å². The van der Waals surface area contributed by atoms with Gasteiger partial charge in [-0.2, -0.15) is 0 Å². The lowest BCUT2D eigenvalue weighted by molar-refractivity contribution is 0.0693. The van der Waals surface area contributed by atoms with Crippen molar-refractivity contribution in [2.75, 3.05) is 0 Å². The van der Waals surface area contributed by atoms with Crippen molar-refractivity contribution in [1.29, 1.82) is 0 Å². The fraction of sp³-hybridized carbons (Fsp3) is 0.0714. The molecule has 0 heterocycles. The monoisotopic (exact) mass is 322 g/mol. The van der Waals surface area contributed by atoms with Crippen LogP contribution in [0.3, 0.4) is 0 Å². The van der Waals surface area contributed by atoms with Crippen LogP contribution >= 0.6 is 27.7 Å². The van der Waals surface area contributed by atoms with E-state index in [9.17, 15) is 9.90 Å². The van der Waals surface area contributed by atoms with Gasteiger partial charge in [-0.05, 0) is 36.8 Å². The fourth-order valence-corrected chi connectivity index (χ4v) is 3.12. The second kappa shape index (κ2) is 5.59. The van der Waals surface area contributed by atoms with E-state index in [1.165, 1.54) is 11.8 Å². The molecule has 18 heavy (non-hydrogen) atoms. The summed E-state index contributed by atoms with van der Waals surface area (Å²) in [7, 11) is 0. The first-order valence-corrected chi connectivity index (χ1v) is 6.95. The van der Waals surface area contributed by atoms with Crippen molar-refractivity contribution in [1.82, 2.24) is 0 Å². The topological polar surface area (TPSA) is 37.3 Å². The van der Waals surface area contributed by atoms with E-state index in [1.807, 2.05) is 37.3 Å². The zero-order valence-corrected chi connectivity index (χ0v) is 12.1. The zero-order chi connectivity index (χ0) is 13.1. The number of aromatic carboxylic acids is 1. The molecule has 2 nitrogen and oxygen atoms in total.